The Balaban J connectivity index is 2.50. The van der Waals surface area contributed by atoms with Crippen LogP contribution in [-0.4, -0.2) is 0 Å². The van der Waals surface area contributed by atoms with Crippen LogP contribution in [0, 0.1) is 20.8 Å². The second-order valence-electron chi connectivity index (χ2n) is 4.85. The van der Waals surface area contributed by atoms with Crippen molar-refractivity contribution >= 4 is 11.0 Å². The van der Waals surface area contributed by atoms with Gasteiger partial charge in [0, 0.05) is 16.5 Å². The highest BCUT2D eigenvalue weighted by atomic mass is 16.3. The molecule has 2 heteroatoms. The van der Waals surface area contributed by atoms with E-state index in [0.717, 1.165) is 27.7 Å². The van der Waals surface area contributed by atoms with E-state index in [1.807, 2.05) is 39.0 Å². The van der Waals surface area contributed by atoms with Crippen molar-refractivity contribution in [2.45, 2.75) is 20.8 Å². The zero-order valence-electron chi connectivity index (χ0n) is 10.7. The standard InChI is InChI=1S/C16H14O2/c1-9-4-5-12-8-13-7-10(2)15(17)11(3)16(13)18-14(12)6-9/h4-8H,1-3H3. The van der Waals surface area contributed by atoms with Crippen LogP contribution in [0.15, 0.2) is 39.5 Å². The van der Waals surface area contributed by atoms with Crippen molar-refractivity contribution in [3.05, 3.63) is 57.2 Å². The predicted octanol–water partition coefficient (Wildman–Crippen LogP) is 3.82. The molecule has 0 atom stereocenters. The quantitative estimate of drug-likeness (QED) is 0.557. The first-order chi connectivity index (χ1) is 8.56. The molecule has 18 heavy (non-hydrogen) atoms. The van der Waals surface area contributed by atoms with Crippen molar-refractivity contribution in [2.75, 3.05) is 0 Å². The molecule has 1 heterocycles. The first kappa shape index (κ1) is 11.0. The van der Waals surface area contributed by atoms with E-state index in [1.54, 1.807) is 0 Å². The molecule has 1 aliphatic heterocycles. The Hall–Kier alpha value is -2.09. The molecule has 0 bridgehead atoms. The molecular formula is C16H14O2. The second-order valence-corrected chi connectivity index (χ2v) is 4.85. The zero-order valence-corrected chi connectivity index (χ0v) is 10.7. The molecule has 1 aromatic carbocycles. The molecule has 1 aliphatic carbocycles. The Labute approximate surface area is 105 Å². The van der Waals surface area contributed by atoms with Crippen molar-refractivity contribution in [3.8, 4) is 11.3 Å². The molecule has 0 amide bonds. The molecule has 1 aromatic rings. The Kier molecular flexibility index (Phi) is 2.27. The first-order valence-corrected chi connectivity index (χ1v) is 6.01. The van der Waals surface area contributed by atoms with Gasteiger partial charge in [-0.15, -0.1) is 0 Å². The van der Waals surface area contributed by atoms with Gasteiger partial charge in [-0.3, -0.25) is 4.79 Å². The van der Waals surface area contributed by atoms with Gasteiger partial charge in [0.2, 0.25) is 0 Å². The normalized spacial score (nSPS) is 11.3. The summed E-state index contributed by atoms with van der Waals surface area (Å²) in [5, 5.41) is 1.06. The molecule has 0 saturated carbocycles. The lowest BCUT2D eigenvalue weighted by Gasteiger charge is -2.10. The van der Waals surface area contributed by atoms with E-state index in [2.05, 4.69) is 12.1 Å². The van der Waals surface area contributed by atoms with Gasteiger partial charge in [0.15, 0.2) is 5.43 Å². The Morgan fingerprint density at radius 2 is 1.78 bits per heavy atom. The Morgan fingerprint density at radius 1 is 1.00 bits per heavy atom. The van der Waals surface area contributed by atoms with E-state index < -0.39 is 0 Å². The zero-order chi connectivity index (χ0) is 12.9. The summed E-state index contributed by atoms with van der Waals surface area (Å²) in [4.78, 5) is 11.9. The minimum Gasteiger partial charge on any atom is -0.456 e. The molecular weight excluding hydrogens is 224 g/mol. The van der Waals surface area contributed by atoms with Gasteiger partial charge in [-0.1, -0.05) is 12.1 Å². The fourth-order valence-electron chi connectivity index (χ4n) is 2.35. The van der Waals surface area contributed by atoms with Gasteiger partial charge in [-0.05, 0) is 50.1 Å². The maximum atomic E-state index is 11.9. The van der Waals surface area contributed by atoms with E-state index in [1.165, 1.54) is 0 Å². The molecule has 0 saturated heterocycles. The van der Waals surface area contributed by atoms with Crippen LogP contribution in [0.1, 0.15) is 16.7 Å². The molecule has 90 valence electrons. The summed E-state index contributed by atoms with van der Waals surface area (Å²) in [6, 6.07) is 10.1. The summed E-state index contributed by atoms with van der Waals surface area (Å²) >= 11 is 0. The number of aryl methyl sites for hydroxylation is 2. The van der Waals surface area contributed by atoms with Gasteiger partial charge in [0.05, 0.1) is 0 Å². The van der Waals surface area contributed by atoms with Crippen LogP contribution in [0.5, 0.6) is 0 Å². The van der Waals surface area contributed by atoms with Crippen molar-refractivity contribution in [1.82, 2.24) is 0 Å². The first-order valence-electron chi connectivity index (χ1n) is 6.01. The molecule has 3 rings (SSSR count). The summed E-state index contributed by atoms with van der Waals surface area (Å²) in [7, 11) is 0. The van der Waals surface area contributed by atoms with Gasteiger partial charge in [-0.2, -0.15) is 0 Å². The molecule has 0 fully saturated rings. The van der Waals surface area contributed by atoms with Crippen LogP contribution in [-0.2, 0) is 0 Å². The summed E-state index contributed by atoms with van der Waals surface area (Å²) in [6.07, 6.45) is 0. The average molecular weight is 238 g/mol. The smallest absolute Gasteiger partial charge is 0.188 e. The monoisotopic (exact) mass is 238 g/mol. The van der Waals surface area contributed by atoms with Crippen molar-refractivity contribution in [1.29, 1.82) is 0 Å². The minimum atomic E-state index is 0.0678. The fraction of sp³-hybridized carbons (Fsp3) is 0.188. The topological polar surface area (TPSA) is 30.2 Å². The van der Waals surface area contributed by atoms with E-state index >= 15 is 0 Å². The van der Waals surface area contributed by atoms with E-state index in [9.17, 15) is 4.79 Å². The largest absolute Gasteiger partial charge is 0.456 e. The van der Waals surface area contributed by atoms with Crippen LogP contribution >= 0.6 is 0 Å². The molecule has 2 aliphatic rings. The lowest BCUT2D eigenvalue weighted by atomic mass is 10.00. The van der Waals surface area contributed by atoms with Crippen molar-refractivity contribution in [2.24, 2.45) is 0 Å². The number of fused-ring (bicyclic) bond motifs is 2. The van der Waals surface area contributed by atoms with Crippen molar-refractivity contribution in [3.63, 3.8) is 0 Å². The maximum Gasteiger partial charge on any atom is 0.188 e. The molecule has 0 aromatic heterocycles. The van der Waals surface area contributed by atoms with Gasteiger partial charge in [-0.25, -0.2) is 0 Å². The van der Waals surface area contributed by atoms with E-state index in [-0.39, 0.29) is 5.43 Å². The third kappa shape index (κ3) is 1.53. The number of benzene rings is 2. The molecule has 0 unspecified atom stereocenters. The number of hydrogen-bond acceptors (Lipinski definition) is 2. The molecule has 2 nitrogen and oxygen atoms in total. The molecule has 0 N–H and O–H groups in total. The highest BCUT2D eigenvalue weighted by Crippen LogP contribution is 2.30. The highest BCUT2D eigenvalue weighted by Gasteiger charge is 2.14. The average Bonchev–Trinajstić information content (AvgIpc) is 2.35. The number of hydrogen-bond donors (Lipinski definition) is 0. The summed E-state index contributed by atoms with van der Waals surface area (Å²) < 4.78 is 5.89. The minimum absolute atomic E-state index is 0.0678. The Morgan fingerprint density at radius 3 is 2.56 bits per heavy atom. The highest BCUT2D eigenvalue weighted by molar-refractivity contribution is 5.84. The predicted molar refractivity (Wildman–Crippen MR) is 73.3 cm³/mol. The maximum absolute atomic E-state index is 11.9. The summed E-state index contributed by atoms with van der Waals surface area (Å²) in [6.45, 7) is 5.69. The fourth-order valence-corrected chi connectivity index (χ4v) is 2.35. The van der Waals surface area contributed by atoms with Crippen LogP contribution in [0.3, 0.4) is 0 Å². The lowest BCUT2D eigenvalue weighted by Crippen LogP contribution is -2.10. The molecule has 0 spiro atoms. The lowest BCUT2D eigenvalue weighted by molar-refractivity contribution is 0.614. The Bertz CT molecular complexity index is 781. The van der Waals surface area contributed by atoms with E-state index in [0.29, 0.717) is 11.3 Å². The third-order valence-corrected chi connectivity index (χ3v) is 3.37. The third-order valence-electron chi connectivity index (χ3n) is 3.37. The van der Waals surface area contributed by atoms with Crippen LogP contribution in [0.4, 0.5) is 0 Å². The summed E-state index contributed by atoms with van der Waals surface area (Å²) in [5.74, 6) is 0.698. The van der Waals surface area contributed by atoms with Crippen molar-refractivity contribution < 1.29 is 4.42 Å². The second kappa shape index (κ2) is 3.70. The van der Waals surface area contributed by atoms with Crippen LogP contribution < -0.4 is 5.43 Å². The van der Waals surface area contributed by atoms with Crippen LogP contribution in [0.2, 0.25) is 0 Å². The van der Waals surface area contributed by atoms with Gasteiger partial charge in [0.25, 0.3) is 0 Å². The van der Waals surface area contributed by atoms with Crippen LogP contribution in [0.25, 0.3) is 22.3 Å². The van der Waals surface area contributed by atoms with Gasteiger partial charge >= 0.3 is 0 Å². The molecule has 0 radical (unpaired) electrons. The summed E-state index contributed by atoms with van der Waals surface area (Å²) in [5.41, 5.74) is 4.49. The SMILES string of the molecule is Cc1ccc2cc3cc(C)c(=O)c(C)c-3oc2c1. The van der Waals surface area contributed by atoms with Gasteiger partial charge in [0.1, 0.15) is 11.3 Å². The number of rotatable bonds is 0. The van der Waals surface area contributed by atoms with E-state index in [4.69, 9.17) is 4.42 Å². The van der Waals surface area contributed by atoms with Gasteiger partial charge < -0.3 is 4.42 Å².